The van der Waals surface area contributed by atoms with Gasteiger partial charge in [0.05, 0.1) is 0 Å². The van der Waals surface area contributed by atoms with Crippen molar-refractivity contribution in [2.75, 3.05) is 13.1 Å². The Morgan fingerprint density at radius 2 is 2.45 bits per heavy atom. The molecular formula is C9H11NS. The van der Waals surface area contributed by atoms with Gasteiger partial charge in [0.2, 0.25) is 0 Å². The molecule has 0 saturated heterocycles. The molecule has 0 saturated carbocycles. The second kappa shape index (κ2) is 3.20. The van der Waals surface area contributed by atoms with Crippen molar-refractivity contribution in [1.82, 2.24) is 5.32 Å². The van der Waals surface area contributed by atoms with E-state index in [4.69, 9.17) is 0 Å². The summed E-state index contributed by atoms with van der Waals surface area (Å²) < 4.78 is 0. The molecule has 0 atom stereocenters. The van der Waals surface area contributed by atoms with Gasteiger partial charge in [-0.1, -0.05) is 12.1 Å². The summed E-state index contributed by atoms with van der Waals surface area (Å²) in [6, 6.07) is 4.31. The van der Waals surface area contributed by atoms with Gasteiger partial charge in [0, 0.05) is 11.4 Å². The van der Waals surface area contributed by atoms with Gasteiger partial charge >= 0.3 is 0 Å². The highest BCUT2D eigenvalue weighted by Gasteiger charge is 2.04. The van der Waals surface area contributed by atoms with Gasteiger partial charge in [-0.15, -0.1) is 11.3 Å². The molecule has 11 heavy (non-hydrogen) atoms. The highest BCUT2D eigenvalue weighted by molar-refractivity contribution is 7.11. The first kappa shape index (κ1) is 7.07. The second-order valence-corrected chi connectivity index (χ2v) is 3.61. The topological polar surface area (TPSA) is 12.0 Å². The van der Waals surface area contributed by atoms with Gasteiger partial charge in [-0.3, -0.25) is 0 Å². The van der Waals surface area contributed by atoms with Gasteiger partial charge in [-0.05, 0) is 30.0 Å². The third-order valence-electron chi connectivity index (χ3n) is 1.90. The maximum Gasteiger partial charge on any atom is 0.0300 e. The molecule has 1 aliphatic heterocycles. The molecule has 2 heteroatoms. The lowest BCUT2D eigenvalue weighted by Crippen LogP contribution is -2.19. The second-order valence-electron chi connectivity index (χ2n) is 2.66. The van der Waals surface area contributed by atoms with Crippen LogP contribution >= 0.6 is 11.3 Å². The van der Waals surface area contributed by atoms with Crippen molar-refractivity contribution in [2.45, 2.75) is 6.42 Å². The molecule has 1 aromatic rings. The molecule has 0 spiro atoms. The highest BCUT2D eigenvalue weighted by atomic mass is 32.1. The van der Waals surface area contributed by atoms with Gasteiger partial charge in [-0.25, -0.2) is 0 Å². The lowest BCUT2D eigenvalue weighted by molar-refractivity contribution is 0.739. The zero-order chi connectivity index (χ0) is 7.52. The largest absolute Gasteiger partial charge is 0.313 e. The predicted molar refractivity (Wildman–Crippen MR) is 49.8 cm³/mol. The van der Waals surface area contributed by atoms with Gasteiger partial charge in [0.25, 0.3) is 0 Å². The Hall–Kier alpha value is -0.600. The molecular weight excluding hydrogens is 154 g/mol. The molecule has 0 fully saturated rings. The van der Waals surface area contributed by atoms with Crippen molar-refractivity contribution in [2.24, 2.45) is 0 Å². The van der Waals surface area contributed by atoms with E-state index < -0.39 is 0 Å². The number of hydrogen-bond donors (Lipinski definition) is 1. The minimum Gasteiger partial charge on any atom is -0.313 e. The van der Waals surface area contributed by atoms with Crippen LogP contribution < -0.4 is 5.32 Å². The molecule has 0 bridgehead atoms. The van der Waals surface area contributed by atoms with Crippen LogP contribution in [0.4, 0.5) is 0 Å². The zero-order valence-corrected chi connectivity index (χ0v) is 7.16. The summed E-state index contributed by atoms with van der Waals surface area (Å²) in [5.41, 5.74) is 1.51. The van der Waals surface area contributed by atoms with Gasteiger partial charge in [0.1, 0.15) is 0 Å². The van der Waals surface area contributed by atoms with Crippen molar-refractivity contribution in [3.63, 3.8) is 0 Å². The van der Waals surface area contributed by atoms with E-state index in [1.54, 1.807) is 0 Å². The maximum absolute atomic E-state index is 3.30. The van der Waals surface area contributed by atoms with Crippen LogP contribution in [0.2, 0.25) is 0 Å². The summed E-state index contributed by atoms with van der Waals surface area (Å²) in [5.74, 6) is 0. The first-order valence-electron chi connectivity index (χ1n) is 3.90. The molecule has 0 amide bonds. The fourth-order valence-electron chi connectivity index (χ4n) is 1.31. The molecule has 58 valence electrons. The standard InChI is InChI=1S/C9H11NS/c1-2-9(11-7-1)8-3-5-10-6-4-8/h1-3,7,10H,4-6H2. The normalized spacial score (nSPS) is 18.0. The van der Waals surface area contributed by atoms with Crippen molar-refractivity contribution < 1.29 is 0 Å². The number of nitrogens with one attached hydrogen (secondary N) is 1. The lowest BCUT2D eigenvalue weighted by Gasteiger charge is -2.11. The van der Waals surface area contributed by atoms with Crippen LogP contribution in [0.25, 0.3) is 5.57 Å². The Morgan fingerprint density at radius 1 is 1.45 bits per heavy atom. The molecule has 1 N–H and O–H groups in total. The molecule has 2 heterocycles. The first-order chi connectivity index (χ1) is 5.47. The van der Waals surface area contributed by atoms with E-state index in [1.807, 2.05) is 11.3 Å². The minimum absolute atomic E-state index is 1.03. The van der Waals surface area contributed by atoms with Crippen LogP contribution in [0.15, 0.2) is 23.6 Å². The van der Waals surface area contributed by atoms with Crippen LogP contribution in [0.3, 0.4) is 0 Å². The minimum atomic E-state index is 1.03. The monoisotopic (exact) mass is 165 g/mol. The molecule has 1 aromatic heterocycles. The van der Waals surface area contributed by atoms with E-state index in [2.05, 4.69) is 28.9 Å². The Kier molecular flexibility index (Phi) is 2.06. The Balaban J connectivity index is 2.22. The highest BCUT2D eigenvalue weighted by Crippen LogP contribution is 2.23. The fraction of sp³-hybridized carbons (Fsp3) is 0.333. The summed E-state index contributed by atoms with van der Waals surface area (Å²) in [5, 5.41) is 5.44. The summed E-state index contributed by atoms with van der Waals surface area (Å²) in [6.07, 6.45) is 3.47. The van der Waals surface area contributed by atoms with E-state index in [-0.39, 0.29) is 0 Å². The smallest absolute Gasteiger partial charge is 0.0300 e. The average Bonchev–Trinajstić information content (AvgIpc) is 2.58. The summed E-state index contributed by atoms with van der Waals surface area (Å²) in [4.78, 5) is 1.44. The summed E-state index contributed by atoms with van der Waals surface area (Å²) in [7, 11) is 0. The number of hydrogen-bond acceptors (Lipinski definition) is 2. The number of rotatable bonds is 1. The molecule has 0 aliphatic carbocycles. The van der Waals surface area contributed by atoms with E-state index in [0.29, 0.717) is 0 Å². The van der Waals surface area contributed by atoms with E-state index in [9.17, 15) is 0 Å². The Morgan fingerprint density at radius 3 is 3.09 bits per heavy atom. The number of thiophene rings is 1. The predicted octanol–water partition coefficient (Wildman–Crippen LogP) is 2.12. The van der Waals surface area contributed by atoms with Crippen molar-refractivity contribution in [3.05, 3.63) is 28.5 Å². The molecule has 0 aromatic carbocycles. The summed E-state index contributed by atoms with van der Waals surface area (Å²) in [6.45, 7) is 2.16. The quantitative estimate of drug-likeness (QED) is 0.672. The Bertz CT molecular complexity index is 249. The third kappa shape index (κ3) is 1.52. The third-order valence-corrected chi connectivity index (χ3v) is 2.85. The van der Waals surface area contributed by atoms with Crippen molar-refractivity contribution in [1.29, 1.82) is 0 Å². The van der Waals surface area contributed by atoms with E-state index in [0.717, 1.165) is 13.1 Å². The maximum atomic E-state index is 3.30. The lowest BCUT2D eigenvalue weighted by atomic mass is 10.1. The average molecular weight is 165 g/mol. The van der Waals surface area contributed by atoms with Gasteiger partial charge in [0.15, 0.2) is 0 Å². The van der Waals surface area contributed by atoms with Crippen LogP contribution in [0, 0.1) is 0 Å². The van der Waals surface area contributed by atoms with Crippen LogP contribution in [-0.4, -0.2) is 13.1 Å². The molecule has 1 aliphatic rings. The van der Waals surface area contributed by atoms with E-state index >= 15 is 0 Å². The Labute approximate surface area is 70.8 Å². The zero-order valence-electron chi connectivity index (χ0n) is 6.34. The van der Waals surface area contributed by atoms with Gasteiger partial charge < -0.3 is 5.32 Å². The van der Waals surface area contributed by atoms with Crippen LogP contribution in [-0.2, 0) is 0 Å². The molecule has 2 rings (SSSR count). The first-order valence-corrected chi connectivity index (χ1v) is 4.78. The SMILES string of the molecule is C1=C(c2cccs2)CCNC1. The molecule has 0 radical (unpaired) electrons. The van der Waals surface area contributed by atoms with E-state index in [1.165, 1.54) is 16.9 Å². The van der Waals surface area contributed by atoms with Crippen molar-refractivity contribution in [3.8, 4) is 0 Å². The van der Waals surface area contributed by atoms with Gasteiger partial charge in [-0.2, -0.15) is 0 Å². The van der Waals surface area contributed by atoms with Crippen molar-refractivity contribution >= 4 is 16.9 Å². The van der Waals surface area contributed by atoms with Crippen LogP contribution in [0.5, 0.6) is 0 Å². The molecule has 0 unspecified atom stereocenters. The van der Waals surface area contributed by atoms with Crippen LogP contribution in [0.1, 0.15) is 11.3 Å². The molecule has 1 nitrogen and oxygen atoms in total. The fourth-order valence-corrected chi connectivity index (χ4v) is 2.11. The summed E-state index contributed by atoms with van der Waals surface area (Å²) >= 11 is 1.83.